The number of ether oxygens (including phenoxy) is 1. The van der Waals surface area contributed by atoms with Gasteiger partial charge >= 0.3 is 0 Å². The Bertz CT molecular complexity index is 578. The van der Waals surface area contributed by atoms with Crippen molar-refractivity contribution in [1.29, 1.82) is 0 Å². The van der Waals surface area contributed by atoms with Crippen LogP contribution >= 0.6 is 0 Å². The Morgan fingerprint density at radius 2 is 1.79 bits per heavy atom. The maximum atomic E-state index is 11.6. The fraction of sp³-hybridized carbons (Fsp3) is 1.00. The predicted molar refractivity (Wildman–Crippen MR) is 117 cm³/mol. The molecule has 0 saturated heterocycles. The number of rotatable bonds is 5. The highest BCUT2D eigenvalue weighted by Gasteiger charge is 2.65. The zero-order chi connectivity index (χ0) is 21.0. The van der Waals surface area contributed by atoms with Crippen LogP contribution in [0.25, 0.3) is 0 Å². The Labute approximate surface area is 179 Å². The molecule has 168 valence electrons. The molecule has 5 unspecified atom stereocenters. The molecule has 0 radical (unpaired) electrons. The van der Waals surface area contributed by atoms with Crippen LogP contribution in [-0.4, -0.2) is 36.1 Å². The summed E-state index contributed by atoms with van der Waals surface area (Å²) in [7, 11) is 1.78. The molecule has 0 spiro atoms. The second kappa shape index (κ2) is 8.10. The third kappa shape index (κ3) is 3.42. The van der Waals surface area contributed by atoms with Crippen molar-refractivity contribution in [2.45, 2.75) is 97.7 Å². The number of hydrogen-bond donors (Lipinski definition) is 2. The van der Waals surface area contributed by atoms with Gasteiger partial charge < -0.3 is 14.9 Å². The summed E-state index contributed by atoms with van der Waals surface area (Å²) in [6, 6.07) is 0. The van der Waals surface area contributed by atoms with Gasteiger partial charge in [0, 0.05) is 13.7 Å². The normalized spacial score (nSPS) is 53.1. The highest BCUT2D eigenvalue weighted by atomic mass is 16.5. The van der Waals surface area contributed by atoms with Crippen molar-refractivity contribution in [1.82, 2.24) is 0 Å². The second-order valence-electron chi connectivity index (χ2n) is 12.1. The molecule has 11 atom stereocenters. The molecule has 4 rings (SSSR count). The minimum absolute atomic E-state index is 0.0280. The molecule has 3 heteroatoms. The smallest absolute Gasteiger partial charge is 0.0602 e. The zero-order valence-corrected chi connectivity index (χ0v) is 19.6. The van der Waals surface area contributed by atoms with Gasteiger partial charge in [-0.3, -0.25) is 0 Å². The van der Waals surface area contributed by atoms with Gasteiger partial charge in [-0.25, -0.2) is 0 Å². The summed E-state index contributed by atoms with van der Waals surface area (Å²) in [5, 5.41) is 23.0. The Balaban J connectivity index is 1.58. The summed E-state index contributed by atoms with van der Waals surface area (Å²) in [5.41, 5.74) is 0.292. The highest BCUT2D eigenvalue weighted by molar-refractivity contribution is 5.14. The summed E-state index contributed by atoms with van der Waals surface area (Å²) in [6.45, 7) is 10.5. The number of aliphatic hydroxyl groups excluding tert-OH is 2. The number of fused-ring (bicyclic) bond motifs is 5. The quantitative estimate of drug-likeness (QED) is 0.610. The fourth-order valence-electron chi connectivity index (χ4n) is 9.12. The monoisotopic (exact) mass is 406 g/mol. The van der Waals surface area contributed by atoms with Gasteiger partial charge in [-0.1, -0.05) is 34.1 Å². The Morgan fingerprint density at radius 1 is 1.03 bits per heavy atom. The first-order valence-electron chi connectivity index (χ1n) is 12.6. The van der Waals surface area contributed by atoms with Gasteiger partial charge in [-0.2, -0.15) is 0 Å². The van der Waals surface area contributed by atoms with Gasteiger partial charge in [0.1, 0.15) is 0 Å². The minimum Gasteiger partial charge on any atom is -0.393 e. The van der Waals surface area contributed by atoms with Crippen molar-refractivity contribution in [2.75, 3.05) is 13.7 Å². The molecule has 4 aliphatic carbocycles. The molecule has 2 N–H and O–H groups in total. The lowest BCUT2D eigenvalue weighted by Gasteiger charge is -2.63. The highest BCUT2D eigenvalue weighted by Crippen LogP contribution is 2.68. The van der Waals surface area contributed by atoms with E-state index in [-0.39, 0.29) is 17.6 Å². The van der Waals surface area contributed by atoms with Gasteiger partial charge in [0.15, 0.2) is 0 Å². The van der Waals surface area contributed by atoms with E-state index in [1.54, 1.807) is 7.11 Å². The van der Waals surface area contributed by atoms with E-state index in [1.807, 2.05) is 0 Å². The van der Waals surface area contributed by atoms with Crippen LogP contribution in [0.15, 0.2) is 0 Å². The summed E-state index contributed by atoms with van der Waals surface area (Å²) >= 11 is 0. The van der Waals surface area contributed by atoms with E-state index in [4.69, 9.17) is 4.74 Å². The van der Waals surface area contributed by atoms with E-state index >= 15 is 0 Å². The van der Waals surface area contributed by atoms with Gasteiger partial charge in [-0.05, 0) is 104 Å². The van der Waals surface area contributed by atoms with E-state index in [0.29, 0.717) is 40.9 Å². The van der Waals surface area contributed by atoms with Crippen LogP contribution in [-0.2, 0) is 4.74 Å². The molecule has 0 heterocycles. The van der Waals surface area contributed by atoms with Crippen molar-refractivity contribution in [3.63, 3.8) is 0 Å². The van der Waals surface area contributed by atoms with E-state index in [0.717, 1.165) is 31.8 Å². The van der Waals surface area contributed by atoms with Crippen molar-refractivity contribution in [3.05, 3.63) is 0 Å². The SMILES string of the molecule is COCCCC(C)C1CCC2C3C(C[C@H](O)[C@]12C)[C@@]1(C)CC[C@@H](C)C[C@H]1C[C@H]3O. The third-order valence-corrected chi connectivity index (χ3v) is 10.8. The molecule has 0 aromatic rings. The number of aliphatic hydroxyl groups is 2. The van der Waals surface area contributed by atoms with E-state index in [9.17, 15) is 10.2 Å². The molecule has 0 aromatic carbocycles. The van der Waals surface area contributed by atoms with Gasteiger partial charge in [0.05, 0.1) is 12.2 Å². The molecule has 0 aliphatic heterocycles. The molecule has 3 nitrogen and oxygen atoms in total. The number of methoxy groups -OCH3 is 1. The lowest BCUT2D eigenvalue weighted by atomic mass is 9.42. The molecule has 29 heavy (non-hydrogen) atoms. The first-order chi connectivity index (χ1) is 13.7. The number of hydrogen-bond acceptors (Lipinski definition) is 3. The predicted octanol–water partition coefficient (Wildman–Crippen LogP) is 5.29. The second-order valence-corrected chi connectivity index (χ2v) is 12.1. The summed E-state index contributed by atoms with van der Waals surface area (Å²) in [5.74, 6) is 4.01. The third-order valence-electron chi connectivity index (χ3n) is 10.8. The van der Waals surface area contributed by atoms with E-state index in [1.165, 1.54) is 38.5 Å². The van der Waals surface area contributed by atoms with Gasteiger partial charge in [0.2, 0.25) is 0 Å². The Kier molecular flexibility index (Phi) is 6.17. The van der Waals surface area contributed by atoms with Crippen molar-refractivity contribution >= 4 is 0 Å². The minimum atomic E-state index is -0.215. The van der Waals surface area contributed by atoms with Crippen LogP contribution in [0.5, 0.6) is 0 Å². The largest absolute Gasteiger partial charge is 0.393 e. The van der Waals surface area contributed by atoms with Crippen LogP contribution in [0, 0.1) is 52.3 Å². The lowest BCUT2D eigenvalue weighted by molar-refractivity contribution is -0.203. The maximum absolute atomic E-state index is 11.6. The standard InChI is InChI=1S/C26H46O3/c1-16-10-11-25(3)18(13-16)14-22(27)24-20-9-8-19(17(2)7-6-12-29-5)26(20,4)23(28)15-21(24)25/h16-24,27-28H,6-15H2,1-5H3/t16-,17?,18+,19?,20?,21?,22-,23+,24?,25+,26-/m1/s1. The molecule has 4 fully saturated rings. The first-order valence-corrected chi connectivity index (χ1v) is 12.6. The average molecular weight is 407 g/mol. The molecule has 0 bridgehead atoms. The van der Waals surface area contributed by atoms with Gasteiger partial charge in [-0.15, -0.1) is 0 Å². The van der Waals surface area contributed by atoms with Gasteiger partial charge in [0.25, 0.3) is 0 Å². The van der Waals surface area contributed by atoms with Crippen LogP contribution < -0.4 is 0 Å². The summed E-state index contributed by atoms with van der Waals surface area (Å²) < 4.78 is 5.28. The van der Waals surface area contributed by atoms with Crippen molar-refractivity contribution in [3.8, 4) is 0 Å². The van der Waals surface area contributed by atoms with Crippen LogP contribution in [0.3, 0.4) is 0 Å². The van der Waals surface area contributed by atoms with E-state index in [2.05, 4.69) is 27.7 Å². The Hall–Kier alpha value is -0.120. The Morgan fingerprint density at radius 3 is 2.52 bits per heavy atom. The van der Waals surface area contributed by atoms with Crippen molar-refractivity contribution < 1.29 is 14.9 Å². The molecule has 0 amide bonds. The molecular formula is C26H46O3. The molecular weight excluding hydrogens is 360 g/mol. The lowest BCUT2D eigenvalue weighted by Crippen LogP contribution is -2.62. The topological polar surface area (TPSA) is 49.7 Å². The molecule has 4 aliphatic rings. The summed E-state index contributed by atoms with van der Waals surface area (Å²) in [4.78, 5) is 0. The molecule has 0 aromatic heterocycles. The average Bonchev–Trinajstić information content (AvgIpc) is 3.03. The van der Waals surface area contributed by atoms with Crippen molar-refractivity contribution in [2.24, 2.45) is 52.3 Å². The maximum Gasteiger partial charge on any atom is 0.0602 e. The summed E-state index contributed by atoms with van der Waals surface area (Å²) in [6.07, 6.45) is 10.1. The molecule has 4 saturated carbocycles. The zero-order valence-electron chi connectivity index (χ0n) is 19.6. The first kappa shape index (κ1) is 22.1. The van der Waals surface area contributed by atoms with Crippen LogP contribution in [0.1, 0.15) is 85.5 Å². The fourth-order valence-corrected chi connectivity index (χ4v) is 9.12. The van der Waals surface area contributed by atoms with Crippen LogP contribution in [0.2, 0.25) is 0 Å². The van der Waals surface area contributed by atoms with Crippen LogP contribution in [0.4, 0.5) is 0 Å². The van der Waals surface area contributed by atoms with E-state index < -0.39 is 0 Å².